The van der Waals surface area contributed by atoms with Crippen LogP contribution in [-0.2, 0) is 11.0 Å². The quantitative estimate of drug-likeness (QED) is 0.605. The average molecular weight is 362 g/mol. The van der Waals surface area contributed by atoms with E-state index in [1.165, 1.54) is 6.07 Å². The van der Waals surface area contributed by atoms with Gasteiger partial charge >= 0.3 is 6.18 Å². The van der Waals surface area contributed by atoms with E-state index < -0.39 is 35.1 Å². The van der Waals surface area contributed by atoms with Crippen molar-refractivity contribution in [3.8, 4) is 0 Å². The Morgan fingerprint density at radius 2 is 1.72 bits per heavy atom. The maximum absolute atomic E-state index is 13.4. The molecule has 0 heterocycles. The smallest absolute Gasteiger partial charge is 0.382 e. The van der Waals surface area contributed by atoms with Crippen molar-refractivity contribution < 1.29 is 31.1 Å². The number of anilines is 2. The Kier molecular flexibility index (Phi) is 5.55. The van der Waals surface area contributed by atoms with Gasteiger partial charge in [0, 0.05) is 18.7 Å². The first-order valence-electron chi connectivity index (χ1n) is 7.03. The number of nitrogens with one attached hydrogen (secondary N) is 2. The Bertz CT molecular complexity index is 776. The molecular formula is C16H12F6N2O. The maximum atomic E-state index is 13.4. The third kappa shape index (κ3) is 4.88. The molecule has 0 aliphatic heterocycles. The summed E-state index contributed by atoms with van der Waals surface area (Å²) in [7, 11) is 0. The van der Waals surface area contributed by atoms with Gasteiger partial charge in [-0.1, -0.05) is 6.07 Å². The largest absolute Gasteiger partial charge is 0.416 e. The molecule has 0 atom stereocenters. The SMILES string of the molecule is O=C(CCNc1ccc(F)c(F)c1F)Nc1cccc(C(F)(F)F)c1. The van der Waals surface area contributed by atoms with E-state index in [0.29, 0.717) is 0 Å². The Morgan fingerprint density at radius 3 is 2.40 bits per heavy atom. The molecule has 0 aromatic heterocycles. The standard InChI is InChI=1S/C16H12F6N2O/c17-11-4-5-12(15(19)14(11)18)23-7-6-13(25)24-10-3-1-2-9(8-10)16(20,21)22/h1-5,8,23H,6-7H2,(H,24,25). The van der Waals surface area contributed by atoms with Crippen molar-refractivity contribution in [1.82, 2.24) is 0 Å². The van der Waals surface area contributed by atoms with Crippen LogP contribution in [0.2, 0.25) is 0 Å². The Balaban J connectivity index is 1.91. The highest BCUT2D eigenvalue weighted by Gasteiger charge is 2.30. The summed E-state index contributed by atoms with van der Waals surface area (Å²) in [5.41, 5.74) is -1.28. The van der Waals surface area contributed by atoms with Crippen LogP contribution in [0.25, 0.3) is 0 Å². The second-order valence-electron chi connectivity index (χ2n) is 5.03. The molecule has 0 radical (unpaired) electrons. The van der Waals surface area contributed by atoms with Crippen LogP contribution in [0.5, 0.6) is 0 Å². The normalized spacial score (nSPS) is 11.3. The van der Waals surface area contributed by atoms with Crippen LogP contribution in [0.15, 0.2) is 36.4 Å². The van der Waals surface area contributed by atoms with Crippen molar-refractivity contribution >= 4 is 17.3 Å². The minimum atomic E-state index is -4.54. The fourth-order valence-electron chi connectivity index (χ4n) is 1.97. The molecule has 3 nitrogen and oxygen atoms in total. The predicted molar refractivity (Wildman–Crippen MR) is 79.5 cm³/mol. The first-order chi connectivity index (χ1) is 11.7. The van der Waals surface area contributed by atoms with Gasteiger partial charge in [0.1, 0.15) is 0 Å². The van der Waals surface area contributed by atoms with Gasteiger partial charge in [0.25, 0.3) is 0 Å². The fraction of sp³-hybridized carbons (Fsp3) is 0.188. The van der Waals surface area contributed by atoms with Crippen LogP contribution in [0.4, 0.5) is 37.7 Å². The number of benzene rings is 2. The number of rotatable bonds is 5. The van der Waals surface area contributed by atoms with E-state index >= 15 is 0 Å². The van der Waals surface area contributed by atoms with Gasteiger partial charge in [-0.25, -0.2) is 13.2 Å². The maximum Gasteiger partial charge on any atom is 0.416 e. The van der Waals surface area contributed by atoms with E-state index in [2.05, 4.69) is 10.6 Å². The number of carbonyl (C=O) groups excluding carboxylic acids is 1. The van der Waals surface area contributed by atoms with Gasteiger partial charge in [-0.2, -0.15) is 13.2 Å². The first-order valence-corrected chi connectivity index (χ1v) is 7.03. The highest BCUT2D eigenvalue weighted by Crippen LogP contribution is 2.30. The van der Waals surface area contributed by atoms with E-state index in [-0.39, 0.29) is 24.3 Å². The molecule has 0 aliphatic carbocycles. The van der Waals surface area contributed by atoms with Gasteiger partial charge in [-0.05, 0) is 30.3 Å². The fourth-order valence-corrected chi connectivity index (χ4v) is 1.97. The molecular weight excluding hydrogens is 350 g/mol. The molecule has 0 fully saturated rings. The second kappa shape index (κ2) is 7.45. The summed E-state index contributed by atoms with van der Waals surface area (Å²) < 4.78 is 77.0. The summed E-state index contributed by atoms with van der Waals surface area (Å²) in [6.45, 7) is -0.132. The van der Waals surface area contributed by atoms with E-state index in [1.54, 1.807) is 0 Å². The topological polar surface area (TPSA) is 41.1 Å². The number of alkyl halides is 3. The van der Waals surface area contributed by atoms with Crippen molar-refractivity contribution in [2.24, 2.45) is 0 Å². The van der Waals surface area contributed by atoms with Gasteiger partial charge in [0.2, 0.25) is 5.91 Å². The lowest BCUT2D eigenvalue weighted by atomic mass is 10.2. The Labute approximate surface area is 138 Å². The molecule has 25 heavy (non-hydrogen) atoms. The predicted octanol–water partition coefficient (Wildman–Crippen LogP) is 4.56. The Hall–Kier alpha value is -2.71. The summed E-state index contributed by atoms with van der Waals surface area (Å²) in [6.07, 6.45) is -4.76. The molecule has 2 N–H and O–H groups in total. The van der Waals surface area contributed by atoms with Crippen LogP contribution in [0, 0.1) is 17.5 Å². The lowest BCUT2D eigenvalue weighted by Gasteiger charge is -2.11. The lowest BCUT2D eigenvalue weighted by molar-refractivity contribution is -0.137. The van der Waals surface area contributed by atoms with E-state index in [4.69, 9.17) is 0 Å². The van der Waals surface area contributed by atoms with Crippen molar-refractivity contribution in [2.45, 2.75) is 12.6 Å². The van der Waals surface area contributed by atoms with Crippen LogP contribution >= 0.6 is 0 Å². The molecule has 2 aromatic rings. The summed E-state index contributed by atoms with van der Waals surface area (Å²) in [5.74, 6) is -5.03. The zero-order chi connectivity index (χ0) is 18.6. The number of carbonyl (C=O) groups is 1. The van der Waals surface area contributed by atoms with E-state index in [0.717, 1.165) is 30.3 Å². The van der Waals surface area contributed by atoms with Gasteiger partial charge in [0.15, 0.2) is 17.5 Å². The van der Waals surface area contributed by atoms with Crippen molar-refractivity contribution in [1.29, 1.82) is 0 Å². The molecule has 0 saturated heterocycles. The van der Waals surface area contributed by atoms with Crippen molar-refractivity contribution in [3.63, 3.8) is 0 Å². The van der Waals surface area contributed by atoms with Crippen LogP contribution in [-0.4, -0.2) is 12.5 Å². The molecule has 134 valence electrons. The summed E-state index contributed by atoms with van der Waals surface area (Å²) in [4.78, 5) is 11.7. The molecule has 2 aromatic carbocycles. The highest BCUT2D eigenvalue weighted by atomic mass is 19.4. The number of amides is 1. The van der Waals surface area contributed by atoms with Gasteiger partial charge < -0.3 is 10.6 Å². The lowest BCUT2D eigenvalue weighted by Crippen LogP contribution is -2.17. The molecule has 0 bridgehead atoms. The third-order valence-corrected chi connectivity index (χ3v) is 3.18. The zero-order valence-corrected chi connectivity index (χ0v) is 12.6. The monoisotopic (exact) mass is 362 g/mol. The van der Waals surface area contributed by atoms with E-state index in [1.807, 2.05) is 0 Å². The minimum absolute atomic E-state index is 0.0427. The highest BCUT2D eigenvalue weighted by molar-refractivity contribution is 5.91. The average Bonchev–Trinajstić information content (AvgIpc) is 2.54. The summed E-state index contributed by atoms with van der Waals surface area (Å²) in [6, 6.07) is 5.77. The van der Waals surface area contributed by atoms with Gasteiger partial charge in [-0.3, -0.25) is 4.79 Å². The molecule has 9 heteroatoms. The zero-order valence-electron chi connectivity index (χ0n) is 12.6. The molecule has 0 aliphatic rings. The van der Waals surface area contributed by atoms with Crippen molar-refractivity contribution in [2.75, 3.05) is 17.2 Å². The molecule has 0 spiro atoms. The molecule has 0 saturated carbocycles. The van der Waals surface area contributed by atoms with Crippen LogP contribution in [0.1, 0.15) is 12.0 Å². The second-order valence-corrected chi connectivity index (χ2v) is 5.03. The van der Waals surface area contributed by atoms with E-state index in [9.17, 15) is 31.1 Å². The van der Waals surface area contributed by atoms with Crippen molar-refractivity contribution in [3.05, 3.63) is 59.4 Å². The van der Waals surface area contributed by atoms with Gasteiger partial charge in [-0.15, -0.1) is 0 Å². The molecule has 1 amide bonds. The number of hydrogen-bond donors (Lipinski definition) is 2. The Morgan fingerprint density at radius 1 is 1.00 bits per heavy atom. The molecule has 2 rings (SSSR count). The van der Waals surface area contributed by atoms with Gasteiger partial charge in [0.05, 0.1) is 11.3 Å². The van der Waals surface area contributed by atoms with Crippen LogP contribution in [0.3, 0.4) is 0 Å². The minimum Gasteiger partial charge on any atom is -0.382 e. The number of hydrogen-bond acceptors (Lipinski definition) is 2. The summed E-state index contributed by atoms with van der Waals surface area (Å²) >= 11 is 0. The van der Waals surface area contributed by atoms with Crippen LogP contribution < -0.4 is 10.6 Å². The molecule has 0 unspecified atom stereocenters. The summed E-state index contributed by atoms with van der Waals surface area (Å²) in [5, 5.41) is 4.68. The number of halogens is 6. The first kappa shape index (κ1) is 18.6. The third-order valence-electron chi connectivity index (χ3n) is 3.18.